The lowest BCUT2D eigenvalue weighted by Crippen LogP contribution is -2.13. The first-order valence-corrected chi connectivity index (χ1v) is 6.75. The van der Waals surface area contributed by atoms with Crippen LogP contribution in [0.5, 0.6) is 0 Å². The molecule has 0 unspecified atom stereocenters. The molecule has 0 fully saturated rings. The SMILES string of the molecule is CC(C)(C)c1ccccc1Nc1ncc(C(=O)O)s1. The number of nitrogens with one attached hydrogen (secondary N) is 1. The van der Waals surface area contributed by atoms with Crippen molar-refractivity contribution in [3.63, 3.8) is 0 Å². The number of carbonyl (C=O) groups is 1. The smallest absolute Gasteiger partial charge is 0.347 e. The van der Waals surface area contributed by atoms with Crippen molar-refractivity contribution in [1.82, 2.24) is 4.98 Å². The first kappa shape index (κ1) is 13.5. The van der Waals surface area contributed by atoms with E-state index >= 15 is 0 Å². The summed E-state index contributed by atoms with van der Waals surface area (Å²) in [7, 11) is 0. The van der Waals surface area contributed by atoms with E-state index in [9.17, 15) is 4.79 Å². The van der Waals surface area contributed by atoms with Gasteiger partial charge in [0.25, 0.3) is 0 Å². The molecular formula is C14H16N2O2S. The molecule has 0 spiro atoms. The van der Waals surface area contributed by atoms with E-state index in [4.69, 9.17) is 5.11 Å². The van der Waals surface area contributed by atoms with Gasteiger partial charge in [0.2, 0.25) is 0 Å². The largest absolute Gasteiger partial charge is 0.477 e. The van der Waals surface area contributed by atoms with Crippen molar-refractivity contribution < 1.29 is 9.90 Å². The number of carboxylic acids is 1. The number of carboxylic acid groups (broad SMARTS) is 1. The summed E-state index contributed by atoms with van der Waals surface area (Å²) in [5, 5.41) is 12.7. The normalized spacial score (nSPS) is 11.3. The lowest BCUT2D eigenvalue weighted by Gasteiger charge is -2.22. The standard InChI is InChI=1S/C14H16N2O2S/c1-14(2,3)9-6-4-5-7-10(9)16-13-15-8-11(19-13)12(17)18/h4-8H,1-3H3,(H,15,16)(H,17,18). The summed E-state index contributed by atoms with van der Waals surface area (Å²) in [4.78, 5) is 15.2. The van der Waals surface area contributed by atoms with Crippen molar-refractivity contribution >= 4 is 28.1 Å². The fourth-order valence-corrected chi connectivity index (χ4v) is 2.46. The minimum absolute atomic E-state index is 0.0104. The number of rotatable bonds is 3. The van der Waals surface area contributed by atoms with Crippen molar-refractivity contribution in [2.45, 2.75) is 26.2 Å². The second-order valence-electron chi connectivity index (χ2n) is 5.26. The molecule has 1 aromatic carbocycles. The van der Waals surface area contributed by atoms with E-state index in [-0.39, 0.29) is 10.3 Å². The summed E-state index contributed by atoms with van der Waals surface area (Å²) in [6.07, 6.45) is 1.37. The van der Waals surface area contributed by atoms with Crippen LogP contribution in [0.25, 0.3) is 0 Å². The average molecular weight is 276 g/mol. The van der Waals surface area contributed by atoms with E-state index in [0.29, 0.717) is 5.13 Å². The van der Waals surface area contributed by atoms with Crippen LogP contribution in [-0.4, -0.2) is 16.1 Å². The predicted octanol–water partition coefficient (Wildman–Crippen LogP) is 3.88. The number of aromatic carboxylic acids is 1. The highest BCUT2D eigenvalue weighted by Crippen LogP contribution is 2.32. The van der Waals surface area contributed by atoms with Gasteiger partial charge in [-0.3, -0.25) is 0 Å². The second kappa shape index (κ2) is 5.01. The number of thiazole rings is 1. The number of hydrogen-bond donors (Lipinski definition) is 2. The Balaban J connectivity index is 2.30. The van der Waals surface area contributed by atoms with Gasteiger partial charge >= 0.3 is 5.97 Å². The number of aromatic nitrogens is 1. The van der Waals surface area contributed by atoms with Crippen LogP contribution in [0.15, 0.2) is 30.5 Å². The van der Waals surface area contributed by atoms with E-state index in [1.54, 1.807) is 0 Å². The second-order valence-corrected chi connectivity index (χ2v) is 6.29. The fraction of sp³-hybridized carbons (Fsp3) is 0.286. The van der Waals surface area contributed by atoms with Gasteiger partial charge in [0, 0.05) is 5.69 Å². The maximum absolute atomic E-state index is 10.8. The molecule has 100 valence electrons. The zero-order valence-corrected chi connectivity index (χ0v) is 11.9. The summed E-state index contributed by atoms with van der Waals surface area (Å²) in [6, 6.07) is 7.98. The molecule has 2 N–H and O–H groups in total. The molecule has 0 aliphatic carbocycles. The van der Waals surface area contributed by atoms with Crippen molar-refractivity contribution in [3.8, 4) is 0 Å². The first-order chi connectivity index (χ1) is 8.88. The summed E-state index contributed by atoms with van der Waals surface area (Å²) < 4.78 is 0. The van der Waals surface area contributed by atoms with E-state index in [1.807, 2.05) is 18.2 Å². The van der Waals surface area contributed by atoms with E-state index in [0.717, 1.165) is 17.0 Å². The number of benzene rings is 1. The minimum Gasteiger partial charge on any atom is -0.477 e. The van der Waals surface area contributed by atoms with Gasteiger partial charge in [0.15, 0.2) is 5.13 Å². The molecule has 0 aliphatic heterocycles. The highest BCUT2D eigenvalue weighted by atomic mass is 32.1. The molecule has 1 aromatic heterocycles. The van der Waals surface area contributed by atoms with E-state index in [2.05, 4.69) is 37.1 Å². The molecule has 0 radical (unpaired) electrons. The highest BCUT2D eigenvalue weighted by Gasteiger charge is 2.18. The van der Waals surface area contributed by atoms with Crippen LogP contribution < -0.4 is 5.32 Å². The molecule has 0 aliphatic rings. The third kappa shape index (κ3) is 3.12. The average Bonchev–Trinajstić information content (AvgIpc) is 2.77. The third-order valence-electron chi connectivity index (χ3n) is 2.69. The molecule has 2 rings (SSSR count). The van der Waals surface area contributed by atoms with Gasteiger partial charge in [-0.25, -0.2) is 9.78 Å². The molecule has 0 saturated heterocycles. The monoisotopic (exact) mass is 276 g/mol. The van der Waals surface area contributed by atoms with Gasteiger partial charge in [-0.15, -0.1) is 0 Å². The van der Waals surface area contributed by atoms with Crippen LogP contribution in [0.3, 0.4) is 0 Å². The first-order valence-electron chi connectivity index (χ1n) is 5.93. The summed E-state index contributed by atoms with van der Waals surface area (Å²) in [6.45, 7) is 6.41. The minimum atomic E-state index is -0.949. The molecule has 0 amide bonds. The van der Waals surface area contributed by atoms with Crippen molar-refractivity contribution in [3.05, 3.63) is 40.9 Å². The lowest BCUT2D eigenvalue weighted by molar-refractivity contribution is 0.0702. The maximum atomic E-state index is 10.8. The Hall–Kier alpha value is -1.88. The van der Waals surface area contributed by atoms with Crippen molar-refractivity contribution in [1.29, 1.82) is 0 Å². The summed E-state index contributed by atoms with van der Waals surface area (Å²) in [5.41, 5.74) is 2.14. The zero-order valence-electron chi connectivity index (χ0n) is 11.1. The summed E-state index contributed by atoms with van der Waals surface area (Å²) >= 11 is 1.13. The molecule has 2 aromatic rings. The van der Waals surface area contributed by atoms with Gasteiger partial charge in [-0.2, -0.15) is 0 Å². The number of anilines is 2. The molecular weight excluding hydrogens is 260 g/mol. The van der Waals surface area contributed by atoms with E-state index < -0.39 is 5.97 Å². The molecule has 0 saturated carbocycles. The highest BCUT2D eigenvalue weighted by molar-refractivity contribution is 7.17. The third-order valence-corrected chi connectivity index (χ3v) is 3.59. The molecule has 0 bridgehead atoms. The Morgan fingerprint density at radius 2 is 2.00 bits per heavy atom. The fourth-order valence-electron chi connectivity index (χ4n) is 1.79. The molecule has 5 heteroatoms. The predicted molar refractivity (Wildman–Crippen MR) is 77.5 cm³/mol. The Morgan fingerprint density at radius 1 is 1.32 bits per heavy atom. The van der Waals surface area contributed by atoms with E-state index in [1.165, 1.54) is 11.8 Å². The van der Waals surface area contributed by atoms with Crippen molar-refractivity contribution in [2.75, 3.05) is 5.32 Å². The summed E-state index contributed by atoms with van der Waals surface area (Å²) in [5.74, 6) is -0.949. The number of hydrogen-bond acceptors (Lipinski definition) is 4. The van der Waals surface area contributed by atoms with Gasteiger partial charge < -0.3 is 10.4 Å². The van der Waals surface area contributed by atoms with Gasteiger partial charge in [0.1, 0.15) is 4.88 Å². The van der Waals surface area contributed by atoms with Crippen molar-refractivity contribution in [2.24, 2.45) is 0 Å². The topological polar surface area (TPSA) is 62.2 Å². The van der Waals surface area contributed by atoms with Crippen LogP contribution >= 0.6 is 11.3 Å². The maximum Gasteiger partial charge on any atom is 0.347 e. The van der Waals surface area contributed by atoms with Crippen LogP contribution in [-0.2, 0) is 5.41 Å². The van der Waals surface area contributed by atoms with Crippen LogP contribution in [0.1, 0.15) is 36.0 Å². The quantitative estimate of drug-likeness (QED) is 0.893. The Bertz CT molecular complexity index is 599. The van der Waals surface area contributed by atoms with Gasteiger partial charge in [-0.05, 0) is 17.0 Å². The molecule has 19 heavy (non-hydrogen) atoms. The van der Waals surface area contributed by atoms with Crippen LogP contribution in [0.4, 0.5) is 10.8 Å². The van der Waals surface area contributed by atoms with Gasteiger partial charge in [0.05, 0.1) is 6.20 Å². The lowest BCUT2D eigenvalue weighted by atomic mass is 9.86. The Kier molecular flexibility index (Phi) is 3.57. The molecule has 0 atom stereocenters. The zero-order chi connectivity index (χ0) is 14.0. The number of para-hydroxylation sites is 1. The molecule has 1 heterocycles. The van der Waals surface area contributed by atoms with Crippen LogP contribution in [0.2, 0.25) is 0 Å². The number of nitrogens with zero attached hydrogens (tertiary/aromatic N) is 1. The Labute approximate surface area is 116 Å². The van der Waals surface area contributed by atoms with Gasteiger partial charge in [-0.1, -0.05) is 50.3 Å². The van der Waals surface area contributed by atoms with Crippen LogP contribution in [0, 0.1) is 0 Å². The molecule has 4 nitrogen and oxygen atoms in total. The Morgan fingerprint density at radius 3 is 2.58 bits per heavy atom.